The number of methoxy groups -OCH3 is 1. The second-order valence-corrected chi connectivity index (χ2v) is 6.27. The van der Waals surface area contributed by atoms with Gasteiger partial charge in [-0.1, -0.05) is 25.0 Å². The summed E-state index contributed by atoms with van der Waals surface area (Å²) in [5, 5.41) is 3.49. The SMILES string of the molecule is COC1CCCCC12CCNCC2c1cccc(F)c1. The Morgan fingerprint density at radius 3 is 3.00 bits per heavy atom. The molecule has 3 unspecified atom stereocenters. The highest BCUT2D eigenvalue weighted by Gasteiger charge is 2.48. The number of halogens is 1. The minimum absolute atomic E-state index is 0.131. The lowest BCUT2D eigenvalue weighted by Crippen LogP contribution is -2.52. The third-order valence-corrected chi connectivity index (χ3v) is 5.35. The quantitative estimate of drug-likeness (QED) is 0.893. The van der Waals surface area contributed by atoms with Crippen molar-refractivity contribution in [2.75, 3.05) is 20.2 Å². The maximum absolute atomic E-state index is 13.6. The zero-order valence-electron chi connectivity index (χ0n) is 12.2. The lowest BCUT2D eigenvalue weighted by atomic mass is 9.59. The fourth-order valence-electron chi connectivity index (χ4n) is 4.39. The lowest BCUT2D eigenvalue weighted by molar-refractivity contribution is -0.0717. The molecule has 3 rings (SSSR count). The first-order chi connectivity index (χ1) is 9.76. The number of hydrogen-bond donors (Lipinski definition) is 1. The molecule has 0 aromatic heterocycles. The van der Waals surface area contributed by atoms with Crippen LogP contribution >= 0.6 is 0 Å². The predicted octanol–water partition coefficient (Wildman–Crippen LogP) is 3.48. The topological polar surface area (TPSA) is 21.3 Å². The van der Waals surface area contributed by atoms with Gasteiger partial charge in [-0.2, -0.15) is 0 Å². The molecule has 1 aliphatic carbocycles. The molecule has 0 amide bonds. The van der Waals surface area contributed by atoms with Crippen molar-refractivity contribution < 1.29 is 9.13 Å². The van der Waals surface area contributed by atoms with E-state index in [-0.39, 0.29) is 11.2 Å². The van der Waals surface area contributed by atoms with E-state index in [0.29, 0.717) is 12.0 Å². The molecule has 3 atom stereocenters. The standard InChI is InChI=1S/C17H24FNO/c1-20-16-7-2-3-8-17(16)9-10-19-12-15(17)13-5-4-6-14(18)11-13/h4-6,11,15-16,19H,2-3,7-10,12H2,1H3. The van der Waals surface area contributed by atoms with Crippen molar-refractivity contribution in [1.29, 1.82) is 0 Å². The average Bonchev–Trinajstić information content (AvgIpc) is 2.48. The highest BCUT2D eigenvalue weighted by atomic mass is 19.1. The summed E-state index contributed by atoms with van der Waals surface area (Å²) in [4.78, 5) is 0. The first-order valence-corrected chi connectivity index (χ1v) is 7.75. The number of nitrogens with one attached hydrogen (secondary N) is 1. The molecule has 110 valence electrons. The van der Waals surface area contributed by atoms with Crippen LogP contribution in [0.4, 0.5) is 4.39 Å². The van der Waals surface area contributed by atoms with Crippen LogP contribution in [0.15, 0.2) is 24.3 Å². The van der Waals surface area contributed by atoms with Crippen LogP contribution in [-0.4, -0.2) is 26.3 Å². The normalized spacial score (nSPS) is 34.3. The van der Waals surface area contributed by atoms with Gasteiger partial charge in [0.05, 0.1) is 6.10 Å². The zero-order chi connectivity index (χ0) is 14.0. The summed E-state index contributed by atoms with van der Waals surface area (Å²) in [5.74, 6) is 0.227. The Kier molecular flexibility index (Phi) is 4.08. The van der Waals surface area contributed by atoms with E-state index in [1.54, 1.807) is 6.07 Å². The van der Waals surface area contributed by atoms with Crippen molar-refractivity contribution >= 4 is 0 Å². The zero-order valence-corrected chi connectivity index (χ0v) is 12.2. The fraction of sp³-hybridized carbons (Fsp3) is 0.647. The number of benzene rings is 1. The Morgan fingerprint density at radius 1 is 1.30 bits per heavy atom. The van der Waals surface area contributed by atoms with Crippen LogP contribution < -0.4 is 5.32 Å². The summed E-state index contributed by atoms with van der Waals surface area (Å²) in [6, 6.07) is 7.14. The first-order valence-electron chi connectivity index (χ1n) is 7.75. The maximum Gasteiger partial charge on any atom is 0.123 e. The molecule has 0 radical (unpaired) electrons. The monoisotopic (exact) mass is 277 g/mol. The van der Waals surface area contributed by atoms with Crippen LogP contribution in [0.2, 0.25) is 0 Å². The van der Waals surface area contributed by atoms with E-state index in [4.69, 9.17) is 4.74 Å². The van der Waals surface area contributed by atoms with Crippen LogP contribution in [0.5, 0.6) is 0 Å². The molecule has 2 nitrogen and oxygen atoms in total. The molecule has 1 spiro atoms. The van der Waals surface area contributed by atoms with Gasteiger partial charge < -0.3 is 10.1 Å². The molecule has 20 heavy (non-hydrogen) atoms. The molecule has 1 aromatic rings. The van der Waals surface area contributed by atoms with Crippen molar-refractivity contribution in [2.24, 2.45) is 5.41 Å². The molecule has 1 aliphatic heterocycles. The molecule has 3 heteroatoms. The second kappa shape index (κ2) is 5.82. The van der Waals surface area contributed by atoms with Crippen molar-refractivity contribution in [1.82, 2.24) is 5.32 Å². The molecule has 1 saturated carbocycles. The summed E-state index contributed by atoms with van der Waals surface area (Å²) >= 11 is 0. The van der Waals surface area contributed by atoms with Crippen LogP contribution in [-0.2, 0) is 4.74 Å². The van der Waals surface area contributed by atoms with E-state index in [0.717, 1.165) is 31.5 Å². The Bertz CT molecular complexity index is 458. The summed E-state index contributed by atoms with van der Waals surface area (Å²) in [5.41, 5.74) is 1.31. The van der Waals surface area contributed by atoms with E-state index in [1.807, 2.05) is 13.2 Å². The van der Waals surface area contributed by atoms with Gasteiger partial charge in [-0.3, -0.25) is 0 Å². The molecule has 1 N–H and O–H groups in total. The highest BCUT2D eigenvalue weighted by molar-refractivity contribution is 5.26. The fourth-order valence-corrected chi connectivity index (χ4v) is 4.39. The lowest BCUT2D eigenvalue weighted by Gasteiger charge is -2.51. The third-order valence-electron chi connectivity index (χ3n) is 5.35. The molecule has 1 aromatic carbocycles. The molecule has 1 saturated heterocycles. The summed E-state index contributed by atoms with van der Waals surface area (Å²) in [6.07, 6.45) is 6.31. The molecular weight excluding hydrogens is 253 g/mol. The van der Waals surface area contributed by atoms with Crippen molar-refractivity contribution in [2.45, 2.75) is 44.1 Å². The molecule has 1 heterocycles. The van der Waals surface area contributed by atoms with E-state index < -0.39 is 0 Å². The van der Waals surface area contributed by atoms with Gasteiger partial charge in [-0.25, -0.2) is 4.39 Å². The molecule has 2 fully saturated rings. The van der Waals surface area contributed by atoms with Crippen molar-refractivity contribution in [3.8, 4) is 0 Å². The van der Waals surface area contributed by atoms with Crippen molar-refractivity contribution in [3.05, 3.63) is 35.6 Å². The van der Waals surface area contributed by atoms with Gasteiger partial charge in [-0.05, 0) is 43.5 Å². The summed E-state index contributed by atoms with van der Waals surface area (Å²) in [7, 11) is 1.84. The van der Waals surface area contributed by atoms with Crippen LogP contribution in [0.3, 0.4) is 0 Å². The van der Waals surface area contributed by atoms with Crippen LogP contribution in [0.25, 0.3) is 0 Å². The Morgan fingerprint density at radius 2 is 2.20 bits per heavy atom. The van der Waals surface area contributed by atoms with Gasteiger partial charge in [0.15, 0.2) is 0 Å². The molecule has 2 aliphatic rings. The number of hydrogen-bond acceptors (Lipinski definition) is 2. The third kappa shape index (κ3) is 2.38. The maximum atomic E-state index is 13.6. The van der Waals surface area contributed by atoms with Crippen LogP contribution in [0.1, 0.15) is 43.6 Å². The average molecular weight is 277 g/mol. The highest BCUT2D eigenvalue weighted by Crippen LogP contribution is 2.52. The van der Waals surface area contributed by atoms with E-state index in [2.05, 4.69) is 11.4 Å². The number of piperidine rings is 1. The number of ether oxygens (including phenoxy) is 1. The summed E-state index contributed by atoms with van der Waals surface area (Å²) in [6.45, 7) is 1.98. The molecular formula is C17H24FNO. The predicted molar refractivity (Wildman–Crippen MR) is 78.3 cm³/mol. The number of rotatable bonds is 2. The smallest absolute Gasteiger partial charge is 0.123 e. The van der Waals surface area contributed by atoms with Gasteiger partial charge in [0, 0.05) is 25.0 Å². The van der Waals surface area contributed by atoms with Gasteiger partial charge in [0.25, 0.3) is 0 Å². The summed E-state index contributed by atoms with van der Waals surface area (Å²) < 4.78 is 19.5. The Balaban J connectivity index is 1.97. The minimum atomic E-state index is -0.131. The van der Waals surface area contributed by atoms with Gasteiger partial charge in [0.2, 0.25) is 0 Å². The van der Waals surface area contributed by atoms with E-state index in [9.17, 15) is 4.39 Å². The van der Waals surface area contributed by atoms with E-state index >= 15 is 0 Å². The minimum Gasteiger partial charge on any atom is -0.381 e. The van der Waals surface area contributed by atoms with Crippen molar-refractivity contribution in [3.63, 3.8) is 0 Å². The Labute approximate surface area is 120 Å². The van der Waals surface area contributed by atoms with Crippen LogP contribution in [0, 0.1) is 11.2 Å². The second-order valence-electron chi connectivity index (χ2n) is 6.27. The largest absolute Gasteiger partial charge is 0.381 e. The van der Waals surface area contributed by atoms with E-state index in [1.165, 1.54) is 25.3 Å². The van der Waals surface area contributed by atoms with Gasteiger partial charge in [-0.15, -0.1) is 0 Å². The molecule has 0 bridgehead atoms. The first kappa shape index (κ1) is 14.0. The van der Waals surface area contributed by atoms with Gasteiger partial charge in [0.1, 0.15) is 5.82 Å². The Hall–Kier alpha value is -0.930. The van der Waals surface area contributed by atoms with Gasteiger partial charge >= 0.3 is 0 Å².